The van der Waals surface area contributed by atoms with E-state index in [0.29, 0.717) is 28.3 Å². The van der Waals surface area contributed by atoms with E-state index in [0.717, 1.165) is 0 Å². The van der Waals surface area contributed by atoms with Crippen LogP contribution in [0.25, 0.3) is 5.76 Å². The zero-order valence-corrected chi connectivity index (χ0v) is 18.3. The monoisotopic (exact) mass is 460 g/mol. The second-order valence-corrected chi connectivity index (χ2v) is 7.44. The number of methoxy groups -OCH3 is 2. The van der Waals surface area contributed by atoms with E-state index in [2.05, 4.69) is 0 Å². The molecule has 9 heteroatoms. The number of ketones is 1. The zero-order chi connectivity index (χ0) is 24.4. The summed E-state index contributed by atoms with van der Waals surface area (Å²) in [6.45, 7) is 0. The van der Waals surface area contributed by atoms with E-state index in [1.54, 1.807) is 48.5 Å². The first-order chi connectivity index (χ1) is 16.3. The number of anilines is 1. The number of ether oxygens (including phenoxy) is 2. The van der Waals surface area contributed by atoms with Gasteiger partial charge in [-0.3, -0.25) is 24.6 Å². The number of benzene rings is 3. The molecule has 1 N–H and O–H groups in total. The fraction of sp³-hybridized carbons (Fsp3) is 0.120. The SMILES string of the molecule is COc1ccc(C(O)=C2C(=O)C(=O)N(c3ccc(OC)cc3)[C@@H]2c2ccc([N+](=O)[O-])cc2)cc1. The quantitative estimate of drug-likeness (QED) is 0.192. The van der Waals surface area contributed by atoms with Crippen molar-refractivity contribution in [1.29, 1.82) is 0 Å². The van der Waals surface area contributed by atoms with Gasteiger partial charge >= 0.3 is 0 Å². The first-order valence-corrected chi connectivity index (χ1v) is 10.2. The number of nitro benzene ring substituents is 1. The standard InChI is InChI=1S/C25H20N2O7/c1-33-19-11-5-16(6-12-19)23(28)21-22(15-3-7-18(8-4-15)27(31)32)26(25(30)24(21)29)17-9-13-20(34-2)14-10-17/h3-14,22,28H,1-2H3/t22-/m1/s1. The molecular weight excluding hydrogens is 440 g/mol. The molecule has 9 nitrogen and oxygen atoms in total. The van der Waals surface area contributed by atoms with Crippen molar-refractivity contribution in [2.45, 2.75) is 6.04 Å². The summed E-state index contributed by atoms with van der Waals surface area (Å²) < 4.78 is 10.3. The molecule has 1 atom stereocenters. The summed E-state index contributed by atoms with van der Waals surface area (Å²) in [4.78, 5) is 38.1. The van der Waals surface area contributed by atoms with E-state index < -0.39 is 22.7 Å². The molecule has 0 bridgehead atoms. The first kappa shape index (κ1) is 22.5. The van der Waals surface area contributed by atoms with Gasteiger partial charge in [0.25, 0.3) is 17.4 Å². The summed E-state index contributed by atoms with van der Waals surface area (Å²) >= 11 is 0. The third-order valence-electron chi connectivity index (χ3n) is 5.58. The Bertz CT molecular complexity index is 1280. The maximum Gasteiger partial charge on any atom is 0.300 e. The van der Waals surface area contributed by atoms with Gasteiger partial charge in [-0.25, -0.2) is 0 Å². The summed E-state index contributed by atoms with van der Waals surface area (Å²) in [5.41, 5.74) is 0.885. The van der Waals surface area contributed by atoms with Gasteiger partial charge in [0.2, 0.25) is 0 Å². The molecule has 1 saturated heterocycles. The van der Waals surface area contributed by atoms with Gasteiger partial charge in [-0.15, -0.1) is 0 Å². The van der Waals surface area contributed by atoms with Crippen molar-refractivity contribution in [2.75, 3.05) is 19.1 Å². The third-order valence-corrected chi connectivity index (χ3v) is 5.58. The number of nitro groups is 1. The molecule has 1 fully saturated rings. The third kappa shape index (κ3) is 3.95. The van der Waals surface area contributed by atoms with Gasteiger partial charge in [0.05, 0.1) is 30.8 Å². The molecular formula is C25H20N2O7. The van der Waals surface area contributed by atoms with E-state index >= 15 is 0 Å². The van der Waals surface area contributed by atoms with Crippen molar-refractivity contribution < 1.29 is 29.1 Å². The number of nitrogens with zero attached hydrogens (tertiary/aromatic N) is 2. The number of Topliss-reactive ketones (excluding diaryl/α,β-unsaturated/α-hetero) is 1. The molecule has 4 rings (SSSR count). The van der Waals surface area contributed by atoms with Crippen molar-refractivity contribution in [3.8, 4) is 11.5 Å². The highest BCUT2D eigenvalue weighted by Gasteiger charge is 2.47. The van der Waals surface area contributed by atoms with Gasteiger partial charge in [0.15, 0.2) is 0 Å². The summed E-state index contributed by atoms with van der Waals surface area (Å²) in [7, 11) is 3.01. The highest BCUT2D eigenvalue weighted by Crippen LogP contribution is 2.42. The molecule has 3 aromatic carbocycles. The Morgan fingerprint density at radius 3 is 1.91 bits per heavy atom. The second kappa shape index (κ2) is 9.07. The van der Waals surface area contributed by atoms with Gasteiger partial charge in [0, 0.05) is 23.4 Å². The smallest absolute Gasteiger partial charge is 0.300 e. The van der Waals surface area contributed by atoms with Crippen molar-refractivity contribution in [2.24, 2.45) is 0 Å². The zero-order valence-electron chi connectivity index (χ0n) is 18.3. The van der Waals surface area contributed by atoms with Crippen LogP contribution in [0, 0.1) is 10.1 Å². The molecule has 1 aliphatic heterocycles. The lowest BCUT2D eigenvalue weighted by Gasteiger charge is -2.25. The van der Waals surface area contributed by atoms with Crippen LogP contribution < -0.4 is 14.4 Å². The van der Waals surface area contributed by atoms with Gasteiger partial charge in [0.1, 0.15) is 17.3 Å². The van der Waals surface area contributed by atoms with Crippen LogP contribution in [0.3, 0.4) is 0 Å². The van der Waals surface area contributed by atoms with Gasteiger partial charge in [-0.2, -0.15) is 0 Å². The normalized spacial score (nSPS) is 17.0. The predicted octanol–water partition coefficient (Wildman–Crippen LogP) is 4.24. The lowest BCUT2D eigenvalue weighted by atomic mass is 9.95. The minimum atomic E-state index is -1.00. The molecule has 0 aromatic heterocycles. The van der Waals surface area contributed by atoms with Gasteiger partial charge in [-0.1, -0.05) is 0 Å². The topological polar surface area (TPSA) is 119 Å². The number of aliphatic hydroxyl groups excluding tert-OH is 1. The summed E-state index contributed by atoms with van der Waals surface area (Å²) in [5, 5.41) is 22.2. The number of aliphatic hydroxyl groups is 1. The van der Waals surface area contributed by atoms with Crippen LogP contribution in [0.2, 0.25) is 0 Å². The maximum absolute atomic E-state index is 13.1. The molecule has 3 aromatic rings. The number of hydrogen-bond acceptors (Lipinski definition) is 7. The van der Waals surface area contributed by atoms with Crippen LogP contribution in [-0.2, 0) is 9.59 Å². The molecule has 0 unspecified atom stereocenters. The lowest BCUT2D eigenvalue weighted by Crippen LogP contribution is -2.29. The van der Waals surface area contributed by atoms with E-state index in [-0.39, 0.29) is 17.0 Å². The van der Waals surface area contributed by atoms with E-state index in [1.807, 2.05) is 0 Å². The van der Waals surface area contributed by atoms with Crippen LogP contribution in [0.1, 0.15) is 17.2 Å². The highest BCUT2D eigenvalue weighted by atomic mass is 16.6. The Kier molecular flexibility index (Phi) is 6.01. The molecule has 0 saturated carbocycles. The largest absolute Gasteiger partial charge is 0.507 e. The number of non-ortho nitro benzene ring substituents is 1. The Labute approximate surface area is 194 Å². The minimum Gasteiger partial charge on any atom is -0.507 e. The summed E-state index contributed by atoms with van der Waals surface area (Å²) in [6, 6.07) is 17.4. The summed E-state index contributed by atoms with van der Waals surface area (Å²) in [5.74, 6) is -0.941. The molecule has 172 valence electrons. The van der Waals surface area contributed by atoms with Crippen LogP contribution in [0.5, 0.6) is 11.5 Å². The Morgan fingerprint density at radius 2 is 1.41 bits per heavy atom. The Balaban J connectivity index is 1.89. The fourth-order valence-corrected chi connectivity index (χ4v) is 3.84. The number of carbonyl (C=O) groups excluding carboxylic acids is 2. The van der Waals surface area contributed by atoms with E-state index in [9.17, 15) is 24.8 Å². The van der Waals surface area contributed by atoms with Crippen LogP contribution >= 0.6 is 0 Å². The lowest BCUT2D eigenvalue weighted by molar-refractivity contribution is -0.384. The van der Waals surface area contributed by atoms with Gasteiger partial charge in [-0.05, 0) is 66.2 Å². The van der Waals surface area contributed by atoms with Crippen molar-refractivity contribution in [3.63, 3.8) is 0 Å². The number of carbonyl (C=O) groups is 2. The molecule has 1 aliphatic rings. The average Bonchev–Trinajstić information content (AvgIpc) is 3.14. The molecule has 34 heavy (non-hydrogen) atoms. The summed E-state index contributed by atoms with van der Waals surface area (Å²) in [6.07, 6.45) is 0. The van der Waals surface area contributed by atoms with E-state index in [1.165, 1.54) is 43.4 Å². The van der Waals surface area contributed by atoms with Crippen LogP contribution in [-0.4, -0.2) is 35.9 Å². The maximum atomic E-state index is 13.1. The molecule has 0 radical (unpaired) electrons. The van der Waals surface area contributed by atoms with Crippen molar-refractivity contribution in [3.05, 3.63) is 99.6 Å². The Morgan fingerprint density at radius 1 is 0.882 bits per heavy atom. The second-order valence-electron chi connectivity index (χ2n) is 7.44. The van der Waals surface area contributed by atoms with Crippen molar-refractivity contribution in [1.82, 2.24) is 0 Å². The molecule has 0 aliphatic carbocycles. The van der Waals surface area contributed by atoms with Crippen LogP contribution in [0.4, 0.5) is 11.4 Å². The predicted molar refractivity (Wildman–Crippen MR) is 124 cm³/mol. The fourth-order valence-electron chi connectivity index (χ4n) is 3.84. The van der Waals surface area contributed by atoms with Crippen LogP contribution in [0.15, 0.2) is 78.4 Å². The highest BCUT2D eigenvalue weighted by molar-refractivity contribution is 6.51. The minimum absolute atomic E-state index is 0.125. The van der Waals surface area contributed by atoms with Crippen molar-refractivity contribution >= 4 is 28.8 Å². The number of amides is 1. The average molecular weight is 460 g/mol. The Hall–Kier alpha value is -4.66. The van der Waals surface area contributed by atoms with Gasteiger partial charge < -0.3 is 14.6 Å². The first-order valence-electron chi connectivity index (χ1n) is 10.2. The molecule has 0 spiro atoms. The number of hydrogen-bond donors (Lipinski definition) is 1. The molecule has 1 amide bonds. The van der Waals surface area contributed by atoms with E-state index in [4.69, 9.17) is 9.47 Å². The molecule has 1 heterocycles. The number of rotatable bonds is 6.